The molecule has 3 unspecified atom stereocenters. The molecule has 2 nitrogen and oxygen atoms in total. The van der Waals surface area contributed by atoms with Crippen molar-refractivity contribution in [3.8, 4) is 5.75 Å². The molecule has 3 atom stereocenters. The molecule has 0 saturated heterocycles. The average Bonchev–Trinajstić information content (AvgIpc) is 2.89. The van der Waals surface area contributed by atoms with Crippen LogP contribution in [0.2, 0.25) is 0 Å². The van der Waals surface area contributed by atoms with Crippen molar-refractivity contribution in [1.29, 1.82) is 0 Å². The van der Waals surface area contributed by atoms with Crippen LogP contribution in [0.5, 0.6) is 5.75 Å². The fourth-order valence-corrected chi connectivity index (χ4v) is 3.79. The Morgan fingerprint density at radius 1 is 1.20 bits per heavy atom. The van der Waals surface area contributed by atoms with E-state index < -0.39 is 12.0 Å². The third kappa shape index (κ3) is 2.77. The first-order valence-corrected chi connectivity index (χ1v) is 6.91. The molecule has 2 saturated carbocycles. The molecule has 2 aliphatic rings. The maximum Gasteiger partial charge on any atom is 0.573 e. The Hall–Kier alpha value is -1.23. The van der Waals surface area contributed by atoms with E-state index in [-0.39, 0.29) is 5.75 Å². The molecule has 110 valence electrons. The molecule has 5 heteroatoms. The van der Waals surface area contributed by atoms with E-state index in [9.17, 15) is 18.3 Å². The molecular weight excluding hydrogens is 269 g/mol. The second kappa shape index (κ2) is 4.65. The molecule has 1 N–H and O–H groups in total. The quantitative estimate of drug-likeness (QED) is 0.918. The Morgan fingerprint density at radius 3 is 2.40 bits per heavy atom. The summed E-state index contributed by atoms with van der Waals surface area (Å²) in [7, 11) is 0. The Labute approximate surface area is 115 Å². The summed E-state index contributed by atoms with van der Waals surface area (Å²) in [6.07, 6.45) is 0.0246. The minimum atomic E-state index is -4.66. The van der Waals surface area contributed by atoms with E-state index in [4.69, 9.17) is 0 Å². The van der Waals surface area contributed by atoms with Gasteiger partial charge in [0.1, 0.15) is 5.75 Å². The van der Waals surface area contributed by atoms with E-state index in [2.05, 4.69) is 4.74 Å². The maximum atomic E-state index is 12.1. The van der Waals surface area contributed by atoms with Crippen LogP contribution in [0.1, 0.15) is 31.2 Å². The lowest BCUT2D eigenvalue weighted by molar-refractivity contribution is -0.274. The van der Waals surface area contributed by atoms with Gasteiger partial charge in [-0.15, -0.1) is 13.2 Å². The second-order valence-corrected chi connectivity index (χ2v) is 6.05. The SMILES string of the molecule is OC1(Cc2ccc(OC(F)(F)F)cc2)CC2CCC1C2. The zero-order valence-corrected chi connectivity index (χ0v) is 11.0. The van der Waals surface area contributed by atoms with Crippen molar-refractivity contribution in [3.63, 3.8) is 0 Å². The van der Waals surface area contributed by atoms with E-state index in [1.54, 1.807) is 12.1 Å². The van der Waals surface area contributed by atoms with Crippen LogP contribution in [0.3, 0.4) is 0 Å². The number of aliphatic hydroxyl groups is 1. The van der Waals surface area contributed by atoms with E-state index >= 15 is 0 Å². The van der Waals surface area contributed by atoms with Gasteiger partial charge in [0.05, 0.1) is 5.60 Å². The first-order valence-electron chi connectivity index (χ1n) is 6.91. The summed E-state index contributed by atoms with van der Waals surface area (Å²) >= 11 is 0. The molecule has 2 aliphatic carbocycles. The van der Waals surface area contributed by atoms with Crippen LogP contribution >= 0.6 is 0 Å². The van der Waals surface area contributed by atoms with Crippen LogP contribution < -0.4 is 4.74 Å². The van der Waals surface area contributed by atoms with Gasteiger partial charge in [0.25, 0.3) is 0 Å². The predicted molar refractivity (Wildman–Crippen MR) is 67.2 cm³/mol. The van der Waals surface area contributed by atoms with Crippen molar-refractivity contribution in [2.75, 3.05) is 0 Å². The van der Waals surface area contributed by atoms with Gasteiger partial charge < -0.3 is 9.84 Å². The summed E-state index contributed by atoms with van der Waals surface area (Å²) in [6, 6.07) is 5.81. The van der Waals surface area contributed by atoms with Crippen LogP contribution in [0.15, 0.2) is 24.3 Å². The first kappa shape index (κ1) is 13.7. The van der Waals surface area contributed by atoms with Gasteiger partial charge in [0.2, 0.25) is 0 Å². The molecule has 0 amide bonds. The van der Waals surface area contributed by atoms with Crippen LogP contribution in [-0.4, -0.2) is 17.1 Å². The second-order valence-electron chi connectivity index (χ2n) is 6.05. The Morgan fingerprint density at radius 2 is 1.90 bits per heavy atom. The Kier molecular flexibility index (Phi) is 3.20. The summed E-state index contributed by atoms with van der Waals surface area (Å²) in [5.74, 6) is 0.748. The molecule has 3 rings (SSSR count). The van der Waals surface area contributed by atoms with Crippen molar-refractivity contribution in [2.24, 2.45) is 11.8 Å². The van der Waals surface area contributed by atoms with Gasteiger partial charge in [-0.25, -0.2) is 0 Å². The Bertz CT molecular complexity index is 483. The van der Waals surface area contributed by atoms with Gasteiger partial charge in [-0.1, -0.05) is 12.1 Å². The molecule has 0 heterocycles. The van der Waals surface area contributed by atoms with E-state index in [1.807, 2.05) is 0 Å². The highest BCUT2D eigenvalue weighted by molar-refractivity contribution is 5.29. The zero-order chi connectivity index (χ0) is 14.4. The first-order chi connectivity index (χ1) is 9.34. The van der Waals surface area contributed by atoms with Gasteiger partial charge >= 0.3 is 6.36 Å². The molecule has 0 radical (unpaired) electrons. The van der Waals surface area contributed by atoms with Crippen molar-refractivity contribution in [3.05, 3.63) is 29.8 Å². The van der Waals surface area contributed by atoms with Crippen molar-refractivity contribution >= 4 is 0 Å². The maximum absolute atomic E-state index is 12.1. The Balaban J connectivity index is 1.67. The van der Waals surface area contributed by atoms with Gasteiger partial charge in [-0.05, 0) is 55.2 Å². The summed E-state index contributed by atoms with van der Waals surface area (Å²) in [4.78, 5) is 0. The normalized spacial score (nSPS) is 32.6. The largest absolute Gasteiger partial charge is 0.573 e. The summed E-state index contributed by atoms with van der Waals surface area (Å²) < 4.78 is 40.0. The molecular formula is C15H17F3O2. The van der Waals surface area contributed by atoms with Crippen molar-refractivity contribution in [2.45, 2.75) is 44.1 Å². The third-order valence-electron chi connectivity index (χ3n) is 4.61. The smallest absolute Gasteiger partial charge is 0.406 e. The molecule has 2 bridgehead atoms. The van der Waals surface area contributed by atoms with Crippen LogP contribution in [-0.2, 0) is 6.42 Å². The topological polar surface area (TPSA) is 29.5 Å². The number of hydrogen-bond donors (Lipinski definition) is 1. The molecule has 1 aromatic carbocycles. The fourth-order valence-electron chi connectivity index (χ4n) is 3.79. The summed E-state index contributed by atoms with van der Waals surface area (Å²) in [5, 5.41) is 10.7. The molecule has 20 heavy (non-hydrogen) atoms. The highest BCUT2D eigenvalue weighted by Gasteiger charge is 2.49. The lowest BCUT2D eigenvalue weighted by Crippen LogP contribution is -2.37. The van der Waals surface area contributed by atoms with Crippen LogP contribution in [0.4, 0.5) is 13.2 Å². The molecule has 2 fully saturated rings. The number of hydrogen-bond acceptors (Lipinski definition) is 2. The van der Waals surface area contributed by atoms with E-state index in [1.165, 1.54) is 18.6 Å². The number of alkyl halides is 3. The minimum Gasteiger partial charge on any atom is -0.406 e. The number of fused-ring (bicyclic) bond motifs is 2. The van der Waals surface area contributed by atoms with Gasteiger partial charge in [0.15, 0.2) is 0 Å². The van der Waals surface area contributed by atoms with Crippen molar-refractivity contribution < 1.29 is 23.0 Å². The lowest BCUT2D eigenvalue weighted by Gasteiger charge is -2.32. The van der Waals surface area contributed by atoms with Crippen molar-refractivity contribution in [1.82, 2.24) is 0 Å². The summed E-state index contributed by atoms with van der Waals surface area (Å²) in [5.41, 5.74) is 0.185. The lowest BCUT2D eigenvalue weighted by atomic mass is 9.80. The number of rotatable bonds is 3. The van der Waals surface area contributed by atoms with Gasteiger partial charge in [-0.2, -0.15) is 0 Å². The molecule has 0 spiro atoms. The molecule has 0 aliphatic heterocycles. The van der Waals surface area contributed by atoms with Gasteiger partial charge in [0, 0.05) is 6.42 Å². The highest BCUT2D eigenvalue weighted by atomic mass is 19.4. The van der Waals surface area contributed by atoms with E-state index in [0.29, 0.717) is 18.3 Å². The molecule has 1 aromatic rings. The fraction of sp³-hybridized carbons (Fsp3) is 0.600. The minimum absolute atomic E-state index is 0.221. The zero-order valence-electron chi connectivity index (χ0n) is 11.0. The van der Waals surface area contributed by atoms with Crippen LogP contribution in [0.25, 0.3) is 0 Å². The van der Waals surface area contributed by atoms with Crippen LogP contribution in [0, 0.1) is 11.8 Å². The highest BCUT2D eigenvalue weighted by Crippen LogP contribution is 2.51. The number of ether oxygens (including phenoxy) is 1. The predicted octanol–water partition coefficient (Wildman–Crippen LogP) is 3.68. The number of benzene rings is 1. The third-order valence-corrected chi connectivity index (χ3v) is 4.61. The van der Waals surface area contributed by atoms with Gasteiger partial charge in [-0.3, -0.25) is 0 Å². The summed E-state index contributed by atoms with van der Waals surface area (Å²) in [6.45, 7) is 0. The monoisotopic (exact) mass is 286 g/mol. The number of halogens is 3. The molecule has 0 aromatic heterocycles. The standard InChI is InChI=1S/C15H17F3O2/c16-15(17,18)20-13-5-2-10(3-6-13)8-14(19)9-11-1-4-12(14)7-11/h2-3,5-6,11-12,19H,1,4,7-9H2. The average molecular weight is 286 g/mol. The van der Waals surface area contributed by atoms with E-state index in [0.717, 1.165) is 24.8 Å².